The van der Waals surface area contributed by atoms with E-state index in [1.807, 2.05) is 19.2 Å². The van der Waals surface area contributed by atoms with Crippen LogP contribution in [0.25, 0.3) is 0 Å². The van der Waals surface area contributed by atoms with E-state index in [9.17, 15) is 0 Å². The molecule has 0 aliphatic carbocycles. The summed E-state index contributed by atoms with van der Waals surface area (Å²) in [6.45, 7) is 2.69. The molecule has 0 fully saturated rings. The molecular weight excluding hydrogens is 144 g/mol. The van der Waals surface area contributed by atoms with Crippen LogP contribution in [-0.2, 0) is 16.2 Å². The molecule has 0 aromatic carbocycles. The smallest absolute Gasteiger partial charge is 0.148 e. The second kappa shape index (κ2) is 4.10. The van der Waals surface area contributed by atoms with Gasteiger partial charge in [0.15, 0.2) is 0 Å². The summed E-state index contributed by atoms with van der Waals surface area (Å²) in [5.74, 6) is 0. The molecule has 0 aliphatic heterocycles. The fraction of sp³-hybridized carbons (Fsp3) is 0.571. The Bertz CT molecular complexity index is 210. The van der Waals surface area contributed by atoms with Crippen molar-refractivity contribution in [2.24, 2.45) is 0 Å². The molecule has 4 heteroatoms. The van der Waals surface area contributed by atoms with Gasteiger partial charge in [-0.25, -0.2) is 4.68 Å². The summed E-state index contributed by atoms with van der Waals surface area (Å²) in [7, 11) is 1.59. The molecule has 0 unspecified atom stereocenters. The van der Waals surface area contributed by atoms with Crippen LogP contribution in [-0.4, -0.2) is 23.7 Å². The van der Waals surface area contributed by atoms with Crippen LogP contribution < -0.4 is 0 Å². The Balaban J connectivity index is 2.27. The van der Waals surface area contributed by atoms with Gasteiger partial charge in [0, 0.05) is 13.3 Å². The van der Waals surface area contributed by atoms with Crippen LogP contribution in [0.4, 0.5) is 0 Å². The van der Waals surface area contributed by atoms with Crippen LogP contribution in [0.2, 0.25) is 0 Å². The standard InChI is InChI=1S/C7H12N2O2/c1-7-3-4-9(8-7)5-11-6-10-2/h3-4H,5-6H2,1-2H3. The lowest BCUT2D eigenvalue weighted by Gasteiger charge is -2.01. The SMILES string of the molecule is COCOCn1ccc(C)n1. The monoisotopic (exact) mass is 156 g/mol. The average Bonchev–Trinajstić information content (AvgIpc) is 2.37. The first kappa shape index (κ1) is 8.23. The van der Waals surface area contributed by atoms with E-state index in [2.05, 4.69) is 5.10 Å². The van der Waals surface area contributed by atoms with Crippen LogP contribution in [0.3, 0.4) is 0 Å². The van der Waals surface area contributed by atoms with E-state index in [1.54, 1.807) is 11.8 Å². The lowest BCUT2D eigenvalue weighted by atomic mass is 10.5. The van der Waals surface area contributed by atoms with Crippen LogP contribution >= 0.6 is 0 Å². The molecule has 0 N–H and O–H groups in total. The third-order valence-electron chi connectivity index (χ3n) is 1.20. The van der Waals surface area contributed by atoms with Gasteiger partial charge in [0.2, 0.25) is 0 Å². The Labute approximate surface area is 65.7 Å². The summed E-state index contributed by atoms with van der Waals surface area (Å²) in [6.07, 6.45) is 1.87. The maximum Gasteiger partial charge on any atom is 0.148 e. The molecular formula is C7H12N2O2. The second-order valence-electron chi connectivity index (χ2n) is 2.24. The van der Waals surface area contributed by atoms with Crippen LogP contribution in [0, 0.1) is 6.92 Å². The molecule has 11 heavy (non-hydrogen) atoms. The lowest BCUT2D eigenvalue weighted by Crippen LogP contribution is -2.05. The second-order valence-corrected chi connectivity index (χ2v) is 2.24. The van der Waals surface area contributed by atoms with Crippen LogP contribution in [0.1, 0.15) is 5.69 Å². The predicted octanol–water partition coefficient (Wildman–Crippen LogP) is 0.770. The highest BCUT2D eigenvalue weighted by molar-refractivity contribution is 4.94. The Kier molecular flexibility index (Phi) is 3.07. The topological polar surface area (TPSA) is 36.3 Å². The van der Waals surface area contributed by atoms with Crippen molar-refractivity contribution in [1.82, 2.24) is 9.78 Å². The molecule has 0 bridgehead atoms. The minimum absolute atomic E-state index is 0.304. The molecule has 1 aromatic rings. The number of nitrogens with zero attached hydrogens (tertiary/aromatic N) is 2. The quantitative estimate of drug-likeness (QED) is 0.477. The maximum atomic E-state index is 5.06. The molecule has 62 valence electrons. The summed E-state index contributed by atoms with van der Waals surface area (Å²) in [4.78, 5) is 0. The molecule has 1 rings (SSSR count). The molecule has 0 saturated carbocycles. The van der Waals surface area contributed by atoms with Gasteiger partial charge in [-0.05, 0) is 13.0 Å². The first-order valence-electron chi connectivity index (χ1n) is 3.39. The van der Waals surface area contributed by atoms with Gasteiger partial charge < -0.3 is 9.47 Å². The van der Waals surface area contributed by atoms with Gasteiger partial charge in [-0.3, -0.25) is 0 Å². The van der Waals surface area contributed by atoms with Crippen molar-refractivity contribution in [2.45, 2.75) is 13.7 Å². The number of methoxy groups -OCH3 is 1. The van der Waals surface area contributed by atoms with E-state index in [1.165, 1.54) is 0 Å². The van der Waals surface area contributed by atoms with E-state index >= 15 is 0 Å². The molecule has 4 nitrogen and oxygen atoms in total. The van der Waals surface area contributed by atoms with Crippen molar-refractivity contribution in [2.75, 3.05) is 13.9 Å². The van der Waals surface area contributed by atoms with Gasteiger partial charge in [0.05, 0.1) is 5.69 Å². The predicted molar refractivity (Wildman–Crippen MR) is 39.9 cm³/mol. The third-order valence-corrected chi connectivity index (χ3v) is 1.20. The third kappa shape index (κ3) is 2.69. The molecule has 0 radical (unpaired) electrons. The molecule has 0 atom stereocenters. The lowest BCUT2D eigenvalue weighted by molar-refractivity contribution is -0.0627. The zero-order chi connectivity index (χ0) is 8.10. The van der Waals surface area contributed by atoms with Crippen molar-refractivity contribution in [3.8, 4) is 0 Å². The van der Waals surface area contributed by atoms with Gasteiger partial charge >= 0.3 is 0 Å². The Morgan fingerprint density at radius 1 is 1.64 bits per heavy atom. The average molecular weight is 156 g/mol. The highest BCUT2D eigenvalue weighted by Gasteiger charge is 1.91. The molecule has 0 saturated heterocycles. The molecule has 1 aromatic heterocycles. The number of ether oxygens (including phenoxy) is 2. The zero-order valence-electron chi connectivity index (χ0n) is 6.78. The maximum absolute atomic E-state index is 5.06. The van der Waals surface area contributed by atoms with E-state index in [0.29, 0.717) is 13.5 Å². The zero-order valence-corrected chi connectivity index (χ0v) is 6.78. The largest absolute Gasteiger partial charge is 0.359 e. The molecule has 1 heterocycles. The first-order chi connectivity index (χ1) is 5.33. The number of hydrogen-bond donors (Lipinski definition) is 0. The van der Waals surface area contributed by atoms with E-state index in [-0.39, 0.29) is 0 Å². The summed E-state index contributed by atoms with van der Waals surface area (Å²) in [5, 5.41) is 4.12. The Morgan fingerprint density at radius 2 is 2.45 bits per heavy atom. The number of aromatic nitrogens is 2. The van der Waals surface area contributed by atoms with Gasteiger partial charge in [0.1, 0.15) is 13.5 Å². The van der Waals surface area contributed by atoms with Crippen LogP contribution in [0.5, 0.6) is 0 Å². The fourth-order valence-corrected chi connectivity index (χ4v) is 0.749. The normalized spacial score (nSPS) is 10.4. The summed E-state index contributed by atoms with van der Waals surface area (Å²) < 4.78 is 11.5. The van der Waals surface area contributed by atoms with Gasteiger partial charge in [-0.2, -0.15) is 5.10 Å². The van der Waals surface area contributed by atoms with Gasteiger partial charge in [0.25, 0.3) is 0 Å². The number of aryl methyl sites for hydroxylation is 1. The number of rotatable bonds is 4. The Morgan fingerprint density at radius 3 is 3.00 bits per heavy atom. The number of hydrogen-bond acceptors (Lipinski definition) is 3. The van der Waals surface area contributed by atoms with Crippen molar-refractivity contribution < 1.29 is 9.47 Å². The first-order valence-corrected chi connectivity index (χ1v) is 3.39. The summed E-state index contributed by atoms with van der Waals surface area (Å²) in [5.41, 5.74) is 0.992. The summed E-state index contributed by atoms with van der Waals surface area (Å²) >= 11 is 0. The molecule has 0 amide bonds. The van der Waals surface area contributed by atoms with Gasteiger partial charge in [-0.15, -0.1) is 0 Å². The highest BCUT2D eigenvalue weighted by Crippen LogP contribution is 1.92. The van der Waals surface area contributed by atoms with E-state index in [0.717, 1.165) is 5.69 Å². The van der Waals surface area contributed by atoms with Crippen molar-refractivity contribution in [3.05, 3.63) is 18.0 Å². The van der Waals surface area contributed by atoms with Crippen molar-refractivity contribution in [3.63, 3.8) is 0 Å². The van der Waals surface area contributed by atoms with Gasteiger partial charge in [-0.1, -0.05) is 0 Å². The van der Waals surface area contributed by atoms with Crippen LogP contribution in [0.15, 0.2) is 12.3 Å². The minimum Gasteiger partial charge on any atom is -0.359 e. The van der Waals surface area contributed by atoms with E-state index in [4.69, 9.17) is 9.47 Å². The summed E-state index contributed by atoms with van der Waals surface area (Å²) in [6, 6.07) is 1.93. The van der Waals surface area contributed by atoms with Crippen molar-refractivity contribution in [1.29, 1.82) is 0 Å². The minimum atomic E-state index is 0.304. The highest BCUT2D eigenvalue weighted by atomic mass is 16.7. The Hall–Kier alpha value is -0.870. The van der Waals surface area contributed by atoms with E-state index < -0.39 is 0 Å². The molecule has 0 spiro atoms. The molecule has 0 aliphatic rings. The van der Waals surface area contributed by atoms with Crippen molar-refractivity contribution >= 4 is 0 Å². The fourth-order valence-electron chi connectivity index (χ4n) is 0.749.